The summed E-state index contributed by atoms with van der Waals surface area (Å²) in [6.07, 6.45) is 1.95. The zero-order valence-electron chi connectivity index (χ0n) is 11.8. The summed E-state index contributed by atoms with van der Waals surface area (Å²) >= 11 is 0. The fraction of sp³-hybridized carbons (Fsp3) is 0.571. The standard InChI is InChI=1S/C14H22N4O/c1-10-8-18(9-11(2)17(10)3)14(19)6-13-5-4-12(15)7-16-13/h4-5,7,10-11H,6,8-9,15H2,1-3H3. The molecule has 2 N–H and O–H groups in total. The number of hydrogen-bond acceptors (Lipinski definition) is 4. The van der Waals surface area contributed by atoms with Crippen LogP contribution in [0.4, 0.5) is 5.69 Å². The molecular formula is C14H22N4O. The van der Waals surface area contributed by atoms with Crippen molar-refractivity contribution >= 4 is 11.6 Å². The monoisotopic (exact) mass is 262 g/mol. The Labute approximate surface area is 114 Å². The number of pyridine rings is 1. The lowest BCUT2D eigenvalue weighted by Crippen LogP contribution is -2.56. The molecule has 2 atom stereocenters. The summed E-state index contributed by atoms with van der Waals surface area (Å²) < 4.78 is 0. The van der Waals surface area contributed by atoms with Crippen LogP contribution in [0.3, 0.4) is 0 Å². The van der Waals surface area contributed by atoms with Gasteiger partial charge in [-0.3, -0.25) is 14.7 Å². The van der Waals surface area contributed by atoms with E-state index in [9.17, 15) is 4.79 Å². The number of rotatable bonds is 2. The maximum absolute atomic E-state index is 12.3. The molecule has 1 aliphatic heterocycles. The van der Waals surface area contributed by atoms with Crippen molar-refractivity contribution in [3.05, 3.63) is 24.0 Å². The largest absolute Gasteiger partial charge is 0.397 e. The number of nitrogen functional groups attached to an aromatic ring is 1. The third-order valence-electron chi connectivity index (χ3n) is 3.89. The minimum absolute atomic E-state index is 0.143. The molecule has 19 heavy (non-hydrogen) atoms. The smallest absolute Gasteiger partial charge is 0.228 e. The highest BCUT2D eigenvalue weighted by Gasteiger charge is 2.29. The van der Waals surface area contributed by atoms with Gasteiger partial charge in [-0.25, -0.2) is 0 Å². The van der Waals surface area contributed by atoms with Crippen LogP contribution in [0.25, 0.3) is 0 Å². The molecule has 0 radical (unpaired) electrons. The van der Waals surface area contributed by atoms with E-state index in [4.69, 9.17) is 5.73 Å². The van der Waals surface area contributed by atoms with Crippen molar-refractivity contribution in [1.82, 2.24) is 14.8 Å². The van der Waals surface area contributed by atoms with Crippen LogP contribution in [0.1, 0.15) is 19.5 Å². The van der Waals surface area contributed by atoms with Gasteiger partial charge in [0.2, 0.25) is 5.91 Å². The number of piperazine rings is 1. The Bertz CT molecular complexity index is 433. The van der Waals surface area contributed by atoms with E-state index in [-0.39, 0.29) is 5.91 Å². The van der Waals surface area contributed by atoms with Gasteiger partial charge in [-0.2, -0.15) is 0 Å². The van der Waals surface area contributed by atoms with Crippen LogP contribution in [-0.2, 0) is 11.2 Å². The van der Waals surface area contributed by atoms with Crippen molar-refractivity contribution < 1.29 is 4.79 Å². The predicted octanol–water partition coefficient (Wildman–Crippen LogP) is 0.757. The third kappa shape index (κ3) is 3.23. The van der Waals surface area contributed by atoms with Gasteiger partial charge in [0.25, 0.3) is 0 Å². The fourth-order valence-electron chi connectivity index (χ4n) is 2.42. The van der Waals surface area contributed by atoms with Crippen LogP contribution in [0.5, 0.6) is 0 Å². The summed E-state index contributed by atoms with van der Waals surface area (Å²) in [4.78, 5) is 20.7. The van der Waals surface area contributed by atoms with Crippen molar-refractivity contribution in [2.45, 2.75) is 32.4 Å². The molecule has 1 aliphatic rings. The SMILES string of the molecule is CC1CN(C(=O)Cc2ccc(N)cn2)CC(C)N1C. The van der Waals surface area contributed by atoms with Crippen molar-refractivity contribution in [3.63, 3.8) is 0 Å². The third-order valence-corrected chi connectivity index (χ3v) is 3.89. The molecule has 1 saturated heterocycles. The van der Waals surface area contributed by atoms with Crippen molar-refractivity contribution in [1.29, 1.82) is 0 Å². The predicted molar refractivity (Wildman–Crippen MR) is 75.6 cm³/mol. The first-order valence-electron chi connectivity index (χ1n) is 6.67. The van der Waals surface area contributed by atoms with Gasteiger partial charge in [-0.05, 0) is 33.0 Å². The van der Waals surface area contributed by atoms with Gasteiger partial charge in [-0.1, -0.05) is 0 Å². The molecule has 104 valence electrons. The van der Waals surface area contributed by atoms with Crippen molar-refractivity contribution in [2.24, 2.45) is 0 Å². The summed E-state index contributed by atoms with van der Waals surface area (Å²) in [5, 5.41) is 0. The van der Waals surface area contributed by atoms with Gasteiger partial charge in [0.05, 0.1) is 18.3 Å². The zero-order valence-corrected chi connectivity index (χ0v) is 11.8. The van der Waals surface area contributed by atoms with Crippen LogP contribution in [0.15, 0.2) is 18.3 Å². The topological polar surface area (TPSA) is 62.5 Å². The van der Waals surface area contributed by atoms with Gasteiger partial charge < -0.3 is 10.6 Å². The second kappa shape index (κ2) is 5.57. The van der Waals surface area contributed by atoms with Crippen LogP contribution in [-0.4, -0.2) is 52.9 Å². The van der Waals surface area contributed by atoms with Gasteiger partial charge in [0.15, 0.2) is 0 Å². The van der Waals surface area contributed by atoms with E-state index in [0.717, 1.165) is 18.8 Å². The van der Waals surface area contributed by atoms with Gasteiger partial charge in [0.1, 0.15) is 0 Å². The summed E-state index contributed by atoms with van der Waals surface area (Å²) in [6.45, 7) is 5.87. The van der Waals surface area contributed by atoms with E-state index < -0.39 is 0 Å². The Morgan fingerprint density at radius 1 is 1.37 bits per heavy atom. The summed E-state index contributed by atoms with van der Waals surface area (Å²) in [5.41, 5.74) is 6.99. The van der Waals surface area contributed by atoms with Gasteiger partial charge in [-0.15, -0.1) is 0 Å². The minimum atomic E-state index is 0.143. The molecule has 0 bridgehead atoms. The molecule has 1 amide bonds. The van der Waals surface area contributed by atoms with E-state index in [2.05, 4.69) is 30.8 Å². The van der Waals surface area contributed by atoms with Crippen molar-refractivity contribution in [2.75, 3.05) is 25.9 Å². The lowest BCUT2D eigenvalue weighted by Gasteiger charge is -2.42. The number of nitrogens with zero attached hydrogens (tertiary/aromatic N) is 3. The molecule has 2 unspecified atom stereocenters. The number of likely N-dealkylation sites (N-methyl/N-ethyl adjacent to an activating group) is 1. The number of hydrogen-bond donors (Lipinski definition) is 1. The van der Waals surface area contributed by atoms with Crippen LogP contribution in [0, 0.1) is 0 Å². The van der Waals surface area contributed by atoms with Crippen LogP contribution < -0.4 is 5.73 Å². The normalized spacial score (nSPS) is 24.5. The molecule has 0 saturated carbocycles. The number of anilines is 1. The number of nitrogens with two attached hydrogens (primary N) is 1. The maximum Gasteiger partial charge on any atom is 0.228 e. The number of carbonyl (C=O) groups excluding carboxylic acids is 1. The lowest BCUT2D eigenvalue weighted by molar-refractivity contribution is -0.134. The Hall–Kier alpha value is -1.62. The minimum Gasteiger partial charge on any atom is -0.397 e. The van der Waals surface area contributed by atoms with E-state index in [0.29, 0.717) is 24.2 Å². The molecule has 2 rings (SSSR count). The Morgan fingerprint density at radius 2 is 2.00 bits per heavy atom. The van der Waals surface area contributed by atoms with Gasteiger partial charge >= 0.3 is 0 Å². The molecule has 1 aromatic rings. The Balaban J connectivity index is 1.98. The number of carbonyl (C=O) groups is 1. The molecule has 5 nitrogen and oxygen atoms in total. The molecule has 1 aromatic heterocycles. The average molecular weight is 262 g/mol. The highest BCUT2D eigenvalue weighted by molar-refractivity contribution is 5.78. The van der Waals surface area contributed by atoms with Crippen LogP contribution in [0.2, 0.25) is 0 Å². The molecule has 0 aromatic carbocycles. The van der Waals surface area contributed by atoms with E-state index in [1.54, 1.807) is 12.3 Å². The number of aromatic nitrogens is 1. The number of amides is 1. The first-order chi connectivity index (χ1) is 8.97. The summed E-state index contributed by atoms with van der Waals surface area (Å²) in [5.74, 6) is 0.143. The second-order valence-electron chi connectivity index (χ2n) is 5.42. The maximum atomic E-state index is 12.3. The highest BCUT2D eigenvalue weighted by atomic mass is 16.2. The molecule has 5 heteroatoms. The summed E-state index contributed by atoms with van der Waals surface area (Å²) in [6, 6.07) is 4.39. The second-order valence-corrected chi connectivity index (χ2v) is 5.42. The van der Waals surface area contributed by atoms with E-state index in [1.807, 2.05) is 11.0 Å². The molecular weight excluding hydrogens is 240 g/mol. The lowest BCUT2D eigenvalue weighted by atomic mass is 10.1. The average Bonchev–Trinajstić information content (AvgIpc) is 2.38. The quantitative estimate of drug-likeness (QED) is 0.854. The first-order valence-corrected chi connectivity index (χ1v) is 6.67. The fourth-order valence-corrected chi connectivity index (χ4v) is 2.42. The van der Waals surface area contributed by atoms with E-state index in [1.165, 1.54) is 0 Å². The first kappa shape index (κ1) is 13.8. The Morgan fingerprint density at radius 3 is 2.53 bits per heavy atom. The molecule has 0 spiro atoms. The highest BCUT2D eigenvalue weighted by Crippen LogP contribution is 2.14. The van der Waals surface area contributed by atoms with Gasteiger partial charge in [0, 0.05) is 30.9 Å². The Kier molecular flexibility index (Phi) is 4.04. The van der Waals surface area contributed by atoms with Crippen LogP contribution >= 0.6 is 0 Å². The van der Waals surface area contributed by atoms with E-state index >= 15 is 0 Å². The molecule has 0 aliphatic carbocycles. The zero-order chi connectivity index (χ0) is 14.0. The molecule has 1 fully saturated rings. The summed E-state index contributed by atoms with van der Waals surface area (Å²) in [7, 11) is 2.11. The van der Waals surface area contributed by atoms with Crippen molar-refractivity contribution in [3.8, 4) is 0 Å². The molecule has 2 heterocycles.